The Labute approximate surface area is 131 Å². The van der Waals surface area contributed by atoms with Gasteiger partial charge in [0.15, 0.2) is 0 Å². The second-order valence-electron chi connectivity index (χ2n) is 7.12. The molecule has 1 saturated carbocycles. The third-order valence-corrected chi connectivity index (χ3v) is 5.64. The number of carbonyl (C=O) groups is 1. The molecule has 1 aromatic rings. The average Bonchev–Trinajstić information content (AvgIpc) is 3.02. The molecule has 0 bridgehead atoms. The van der Waals surface area contributed by atoms with E-state index in [1.165, 1.54) is 25.0 Å². The van der Waals surface area contributed by atoms with Crippen LogP contribution in [-0.2, 0) is 22.5 Å². The van der Waals surface area contributed by atoms with E-state index < -0.39 is 0 Å². The van der Waals surface area contributed by atoms with E-state index in [4.69, 9.17) is 4.74 Å². The number of imidazole rings is 1. The second kappa shape index (κ2) is 5.69. The minimum absolute atomic E-state index is 0.0407. The number of amides is 1. The van der Waals surface area contributed by atoms with Gasteiger partial charge in [-0.15, -0.1) is 0 Å². The van der Waals surface area contributed by atoms with Crippen molar-refractivity contribution in [3.63, 3.8) is 0 Å². The Morgan fingerprint density at radius 1 is 1.32 bits per heavy atom. The number of aromatic nitrogens is 2. The van der Waals surface area contributed by atoms with Gasteiger partial charge in [-0.25, -0.2) is 4.98 Å². The highest BCUT2D eigenvalue weighted by Gasteiger charge is 2.40. The van der Waals surface area contributed by atoms with Gasteiger partial charge in [0.05, 0.1) is 24.5 Å². The van der Waals surface area contributed by atoms with Crippen molar-refractivity contribution in [1.29, 1.82) is 0 Å². The van der Waals surface area contributed by atoms with Crippen LogP contribution in [0.2, 0.25) is 0 Å². The Morgan fingerprint density at radius 2 is 2.18 bits per heavy atom. The lowest BCUT2D eigenvalue weighted by Crippen LogP contribution is -2.56. The van der Waals surface area contributed by atoms with Crippen LogP contribution >= 0.6 is 0 Å². The molecule has 0 aromatic carbocycles. The molecule has 3 aliphatic rings. The van der Waals surface area contributed by atoms with Gasteiger partial charge < -0.3 is 14.2 Å². The number of aryl methyl sites for hydroxylation is 1. The van der Waals surface area contributed by atoms with Crippen molar-refractivity contribution in [2.24, 2.45) is 5.92 Å². The van der Waals surface area contributed by atoms with E-state index in [-0.39, 0.29) is 11.5 Å². The smallest absolute Gasteiger partial charge is 0.227 e. The molecule has 22 heavy (non-hydrogen) atoms. The van der Waals surface area contributed by atoms with Crippen molar-refractivity contribution in [2.75, 3.05) is 19.7 Å². The summed E-state index contributed by atoms with van der Waals surface area (Å²) in [6.45, 7) is 3.06. The highest BCUT2D eigenvalue weighted by Crippen LogP contribution is 2.35. The predicted molar refractivity (Wildman–Crippen MR) is 82.4 cm³/mol. The fraction of sp³-hybridized carbons (Fsp3) is 0.765. The normalized spacial score (nSPS) is 27.6. The highest BCUT2D eigenvalue weighted by molar-refractivity contribution is 5.79. The van der Waals surface area contributed by atoms with Crippen molar-refractivity contribution in [1.82, 2.24) is 14.5 Å². The Balaban J connectivity index is 1.44. The van der Waals surface area contributed by atoms with Crippen LogP contribution in [0.25, 0.3) is 0 Å². The average molecular weight is 303 g/mol. The Bertz CT molecular complexity index is 542. The molecule has 1 amide bonds. The molecule has 4 rings (SSSR count). The summed E-state index contributed by atoms with van der Waals surface area (Å²) in [5.74, 6) is 0.438. The second-order valence-corrected chi connectivity index (χ2v) is 7.12. The quantitative estimate of drug-likeness (QED) is 0.797. The van der Waals surface area contributed by atoms with Crippen LogP contribution in [0, 0.1) is 5.92 Å². The van der Waals surface area contributed by atoms with Gasteiger partial charge in [-0.2, -0.15) is 0 Å². The van der Waals surface area contributed by atoms with E-state index in [0.29, 0.717) is 12.5 Å². The summed E-state index contributed by atoms with van der Waals surface area (Å²) in [5.41, 5.74) is 1.22. The molecule has 0 radical (unpaired) electrons. The minimum Gasteiger partial charge on any atom is -0.371 e. The minimum atomic E-state index is -0.0407. The number of carbonyl (C=O) groups excluding carboxylic acids is 1. The first-order valence-electron chi connectivity index (χ1n) is 8.68. The Morgan fingerprint density at radius 3 is 3.05 bits per heavy atom. The van der Waals surface area contributed by atoms with E-state index >= 15 is 0 Å². The molecule has 0 N–H and O–H groups in total. The third kappa shape index (κ3) is 2.56. The fourth-order valence-electron chi connectivity index (χ4n) is 4.36. The van der Waals surface area contributed by atoms with E-state index in [0.717, 1.165) is 45.3 Å². The largest absolute Gasteiger partial charge is 0.371 e. The van der Waals surface area contributed by atoms with Crippen LogP contribution in [0.1, 0.15) is 44.2 Å². The molecule has 2 aliphatic heterocycles. The molecular weight excluding hydrogens is 278 g/mol. The maximum Gasteiger partial charge on any atom is 0.227 e. The fourth-order valence-corrected chi connectivity index (χ4v) is 4.36. The number of ether oxygens (including phenoxy) is 1. The van der Waals surface area contributed by atoms with E-state index in [1.54, 1.807) is 0 Å². The topological polar surface area (TPSA) is 47.4 Å². The van der Waals surface area contributed by atoms with Crippen molar-refractivity contribution in [3.05, 3.63) is 18.2 Å². The number of nitrogens with zero attached hydrogens (tertiary/aromatic N) is 3. The van der Waals surface area contributed by atoms with Gasteiger partial charge in [0.2, 0.25) is 5.91 Å². The van der Waals surface area contributed by atoms with Crippen molar-refractivity contribution < 1.29 is 9.53 Å². The Hall–Kier alpha value is -1.36. The Kier molecular flexibility index (Phi) is 3.68. The standard InChI is InChI=1S/C17H25N3O2/c21-16(14-4-5-15-10-18-13-20(15)11-14)19-8-9-22-17(12-19)6-2-1-3-7-17/h10,13-14H,1-9,11-12H2/t14-/m1/s1. The van der Waals surface area contributed by atoms with Gasteiger partial charge in [0, 0.05) is 31.5 Å². The predicted octanol–water partition coefficient (Wildman–Crippen LogP) is 2.01. The van der Waals surface area contributed by atoms with E-state index in [9.17, 15) is 4.79 Å². The molecule has 1 atom stereocenters. The third-order valence-electron chi connectivity index (χ3n) is 5.64. The SMILES string of the molecule is O=C([C@@H]1CCc2cncn2C1)N1CCOC2(CCCCC2)C1. The zero-order chi connectivity index (χ0) is 15.0. The van der Waals surface area contributed by atoms with Crippen LogP contribution in [0.3, 0.4) is 0 Å². The van der Waals surface area contributed by atoms with Gasteiger partial charge in [-0.1, -0.05) is 19.3 Å². The van der Waals surface area contributed by atoms with Gasteiger partial charge >= 0.3 is 0 Å². The van der Waals surface area contributed by atoms with E-state index in [1.807, 2.05) is 12.5 Å². The molecule has 0 unspecified atom stereocenters. The molecule has 120 valence electrons. The van der Waals surface area contributed by atoms with Crippen LogP contribution < -0.4 is 0 Å². The number of hydrogen-bond acceptors (Lipinski definition) is 3. The molecule has 2 fully saturated rings. The summed E-state index contributed by atoms with van der Waals surface area (Å²) in [7, 11) is 0. The van der Waals surface area contributed by atoms with Crippen LogP contribution in [0.15, 0.2) is 12.5 Å². The molecule has 1 spiro atoms. The lowest BCUT2D eigenvalue weighted by atomic mass is 9.83. The number of fused-ring (bicyclic) bond motifs is 1. The van der Waals surface area contributed by atoms with E-state index in [2.05, 4.69) is 14.5 Å². The maximum atomic E-state index is 12.9. The molecule has 5 heteroatoms. The summed E-state index contributed by atoms with van der Waals surface area (Å²) in [4.78, 5) is 19.2. The van der Waals surface area contributed by atoms with Gasteiger partial charge in [0.1, 0.15) is 0 Å². The maximum absolute atomic E-state index is 12.9. The van der Waals surface area contributed by atoms with Crippen molar-refractivity contribution in [3.8, 4) is 0 Å². The summed E-state index contributed by atoms with van der Waals surface area (Å²) in [6, 6.07) is 0. The zero-order valence-corrected chi connectivity index (χ0v) is 13.2. The molecule has 1 saturated heterocycles. The lowest BCUT2D eigenvalue weighted by Gasteiger charge is -2.46. The van der Waals surface area contributed by atoms with Gasteiger partial charge in [-0.05, 0) is 25.7 Å². The zero-order valence-electron chi connectivity index (χ0n) is 13.2. The number of hydrogen-bond donors (Lipinski definition) is 0. The van der Waals surface area contributed by atoms with Gasteiger partial charge in [0.25, 0.3) is 0 Å². The first-order valence-corrected chi connectivity index (χ1v) is 8.68. The van der Waals surface area contributed by atoms with Crippen LogP contribution in [0.4, 0.5) is 0 Å². The van der Waals surface area contributed by atoms with Crippen molar-refractivity contribution in [2.45, 2.75) is 57.1 Å². The van der Waals surface area contributed by atoms with Crippen molar-refractivity contribution >= 4 is 5.91 Å². The molecule has 1 aromatic heterocycles. The summed E-state index contributed by atoms with van der Waals surface area (Å²) in [5, 5.41) is 0. The summed E-state index contributed by atoms with van der Waals surface area (Å²) < 4.78 is 8.25. The lowest BCUT2D eigenvalue weighted by molar-refractivity contribution is -0.160. The molecular formula is C17H25N3O2. The number of rotatable bonds is 1. The summed E-state index contributed by atoms with van der Waals surface area (Å²) in [6.07, 6.45) is 11.7. The summed E-state index contributed by atoms with van der Waals surface area (Å²) >= 11 is 0. The van der Waals surface area contributed by atoms with Crippen LogP contribution in [-0.4, -0.2) is 45.7 Å². The number of morpholine rings is 1. The molecule has 3 heterocycles. The first-order chi connectivity index (χ1) is 10.8. The first kappa shape index (κ1) is 14.2. The monoisotopic (exact) mass is 303 g/mol. The highest BCUT2D eigenvalue weighted by atomic mass is 16.5. The molecule has 5 nitrogen and oxygen atoms in total. The molecule has 1 aliphatic carbocycles. The van der Waals surface area contributed by atoms with Gasteiger partial charge in [-0.3, -0.25) is 4.79 Å². The van der Waals surface area contributed by atoms with Crippen LogP contribution in [0.5, 0.6) is 0 Å².